The molecule has 1 aromatic carbocycles. The topological polar surface area (TPSA) is 62.1 Å². The van der Waals surface area contributed by atoms with Crippen LogP contribution < -0.4 is 4.74 Å². The van der Waals surface area contributed by atoms with Crippen LogP contribution in [0.5, 0.6) is 5.75 Å². The van der Waals surface area contributed by atoms with Crippen LogP contribution >= 0.6 is 11.6 Å². The average Bonchev–Trinajstić information content (AvgIpc) is 2.53. The minimum Gasteiger partial charge on any atom is -0.496 e. The molecule has 0 spiro atoms. The number of hydrogen-bond donors (Lipinski definition) is 1. The van der Waals surface area contributed by atoms with Crippen LogP contribution in [-0.2, 0) is 0 Å². The standard InChI is InChI=1S/C15H19ClN2O3/c1-3-10-9-18(7-6-13(10)17-20)15(19)12-8-11(16)4-5-14(12)21-2/h4-5,8,10,20H,3,6-7,9H2,1-2H3/b17-13+. The van der Waals surface area contributed by atoms with Crippen LogP contribution in [-0.4, -0.2) is 41.9 Å². The fourth-order valence-electron chi connectivity index (χ4n) is 2.61. The summed E-state index contributed by atoms with van der Waals surface area (Å²) < 4.78 is 5.24. The maximum absolute atomic E-state index is 12.7. The minimum atomic E-state index is -0.107. The molecule has 0 bridgehead atoms. The second-order valence-corrected chi connectivity index (χ2v) is 5.48. The second kappa shape index (κ2) is 6.80. The first-order chi connectivity index (χ1) is 10.1. The van der Waals surface area contributed by atoms with Crippen molar-refractivity contribution in [1.29, 1.82) is 0 Å². The molecule has 1 aromatic rings. The Balaban J connectivity index is 2.23. The number of nitrogens with zero attached hydrogens (tertiary/aromatic N) is 2. The van der Waals surface area contributed by atoms with Gasteiger partial charge in [0.25, 0.3) is 5.91 Å². The lowest BCUT2D eigenvalue weighted by atomic mass is 9.93. The Bertz CT molecular complexity index is 560. The van der Waals surface area contributed by atoms with E-state index in [-0.39, 0.29) is 11.8 Å². The molecule has 1 aliphatic heterocycles. The Hall–Kier alpha value is -1.75. The molecular weight excluding hydrogens is 292 g/mol. The molecule has 1 amide bonds. The Labute approximate surface area is 129 Å². The average molecular weight is 311 g/mol. The Kier molecular flexibility index (Phi) is 5.07. The van der Waals surface area contributed by atoms with E-state index in [4.69, 9.17) is 21.5 Å². The zero-order valence-electron chi connectivity index (χ0n) is 12.2. The second-order valence-electron chi connectivity index (χ2n) is 5.04. The van der Waals surface area contributed by atoms with Crippen LogP contribution in [0.4, 0.5) is 0 Å². The van der Waals surface area contributed by atoms with Crippen molar-refractivity contribution in [2.45, 2.75) is 19.8 Å². The fourth-order valence-corrected chi connectivity index (χ4v) is 2.79. The third kappa shape index (κ3) is 3.29. The molecule has 5 nitrogen and oxygen atoms in total. The number of piperidine rings is 1. The van der Waals surface area contributed by atoms with Gasteiger partial charge >= 0.3 is 0 Å². The summed E-state index contributed by atoms with van der Waals surface area (Å²) in [6.07, 6.45) is 1.42. The van der Waals surface area contributed by atoms with Crippen molar-refractivity contribution >= 4 is 23.2 Å². The lowest BCUT2D eigenvalue weighted by molar-refractivity contribution is 0.0725. The van der Waals surface area contributed by atoms with E-state index in [0.717, 1.165) is 12.1 Å². The van der Waals surface area contributed by atoms with Gasteiger partial charge in [-0.1, -0.05) is 23.7 Å². The van der Waals surface area contributed by atoms with Gasteiger partial charge in [0.1, 0.15) is 5.75 Å². The number of carbonyl (C=O) groups is 1. The van der Waals surface area contributed by atoms with E-state index in [1.54, 1.807) is 23.1 Å². The molecule has 0 aromatic heterocycles. The zero-order chi connectivity index (χ0) is 15.4. The predicted octanol–water partition coefficient (Wildman–Crippen LogP) is 3.05. The largest absolute Gasteiger partial charge is 0.496 e. The van der Waals surface area contributed by atoms with Crippen LogP contribution in [0.15, 0.2) is 23.4 Å². The van der Waals surface area contributed by atoms with Crippen molar-refractivity contribution in [2.24, 2.45) is 11.1 Å². The van der Waals surface area contributed by atoms with Gasteiger partial charge in [-0.15, -0.1) is 0 Å². The summed E-state index contributed by atoms with van der Waals surface area (Å²) in [5, 5.41) is 12.8. The summed E-state index contributed by atoms with van der Waals surface area (Å²) in [6.45, 7) is 3.10. The van der Waals surface area contributed by atoms with E-state index in [1.807, 2.05) is 6.92 Å². The van der Waals surface area contributed by atoms with Crippen molar-refractivity contribution in [2.75, 3.05) is 20.2 Å². The summed E-state index contributed by atoms with van der Waals surface area (Å²) in [5.74, 6) is 0.502. The SMILES string of the molecule is CCC1CN(C(=O)c2cc(Cl)ccc2OC)CC/C1=N\O. The highest BCUT2D eigenvalue weighted by Crippen LogP contribution is 2.26. The molecule has 0 aliphatic carbocycles. The number of ether oxygens (including phenoxy) is 1. The van der Waals surface area contributed by atoms with Gasteiger partial charge in [-0.3, -0.25) is 4.79 Å². The van der Waals surface area contributed by atoms with Gasteiger partial charge in [0.2, 0.25) is 0 Å². The van der Waals surface area contributed by atoms with E-state index in [9.17, 15) is 4.79 Å². The lowest BCUT2D eigenvalue weighted by Crippen LogP contribution is -2.44. The monoisotopic (exact) mass is 310 g/mol. The number of methoxy groups -OCH3 is 1. The number of amides is 1. The maximum atomic E-state index is 12.7. The molecule has 1 heterocycles. The smallest absolute Gasteiger partial charge is 0.257 e. The van der Waals surface area contributed by atoms with E-state index in [1.165, 1.54) is 7.11 Å². The summed E-state index contributed by atoms with van der Waals surface area (Å²) in [5.41, 5.74) is 1.23. The minimum absolute atomic E-state index is 0.0953. The molecule has 1 fully saturated rings. The van der Waals surface area contributed by atoms with Crippen LogP contribution in [0.2, 0.25) is 5.02 Å². The maximum Gasteiger partial charge on any atom is 0.257 e. The molecule has 1 N–H and O–H groups in total. The van der Waals surface area contributed by atoms with E-state index < -0.39 is 0 Å². The molecule has 1 atom stereocenters. The Morgan fingerprint density at radius 1 is 1.57 bits per heavy atom. The molecule has 21 heavy (non-hydrogen) atoms. The van der Waals surface area contributed by atoms with Crippen molar-refractivity contribution in [3.63, 3.8) is 0 Å². The summed E-state index contributed by atoms with van der Waals surface area (Å²) in [4.78, 5) is 14.4. The van der Waals surface area contributed by atoms with Crippen molar-refractivity contribution in [3.05, 3.63) is 28.8 Å². The molecule has 1 aliphatic rings. The van der Waals surface area contributed by atoms with Crippen LogP contribution in [0.1, 0.15) is 30.1 Å². The van der Waals surface area contributed by atoms with E-state index in [2.05, 4.69) is 5.16 Å². The fraction of sp³-hybridized carbons (Fsp3) is 0.467. The first kappa shape index (κ1) is 15.6. The lowest BCUT2D eigenvalue weighted by Gasteiger charge is -2.33. The van der Waals surface area contributed by atoms with Crippen molar-refractivity contribution in [3.8, 4) is 5.75 Å². The highest BCUT2D eigenvalue weighted by atomic mass is 35.5. The Morgan fingerprint density at radius 3 is 2.95 bits per heavy atom. The molecule has 0 saturated carbocycles. The van der Waals surface area contributed by atoms with Crippen molar-refractivity contribution in [1.82, 2.24) is 4.90 Å². The number of oxime groups is 1. The predicted molar refractivity (Wildman–Crippen MR) is 81.5 cm³/mol. The first-order valence-corrected chi connectivity index (χ1v) is 7.32. The Morgan fingerprint density at radius 2 is 2.33 bits per heavy atom. The van der Waals surface area contributed by atoms with E-state index in [0.29, 0.717) is 35.8 Å². The first-order valence-electron chi connectivity index (χ1n) is 6.94. The van der Waals surface area contributed by atoms with Gasteiger partial charge < -0.3 is 14.8 Å². The molecule has 1 unspecified atom stereocenters. The van der Waals surface area contributed by atoms with Gasteiger partial charge in [-0.05, 0) is 24.6 Å². The molecule has 1 saturated heterocycles. The molecule has 0 radical (unpaired) electrons. The quantitative estimate of drug-likeness (QED) is 0.689. The van der Waals surface area contributed by atoms with Gasteiger partial charge in [-0.2, -0.15) is 0 Å². The highest BCUT2D eigenvalue weighted by Gasteiger charge is 2.29. The summed E-state index contributed by atoms with van der Waals surface area (Å²) in [6, 6.07) is 5.01. The summed E-state index contributed by atoms with van der Waals surface area (Å²) in [7, 11) is 1.53. The number of hydrogen-bond acceptors (Lipinski definition) is 4. The van der Waals surface area contributed by atoms with Gasteiger partial charge in [0.05, 0.1) is 18.4 Å². The molecule has 114 valence electrons. The van der Waals surface area contributed by atoms with E-state index >= 15 is 0 Å². The van der Waals surface area contributed by atoms with Crippen LogP contribution in [0.3, 0.4) is 0 Å². The number of rotatable bonds is 3. The van der Waals surface area contributed by atoms with Gasteiger partial charge in [0.15, 0.2) is 0 Å². The summed E-state index contributed by atoms with van der Waals surface area (Å²) >= 11 is 5.98. The number of carbonyl (C=O) groups excluding carboxylic acids is 1. The normalized spacial score (nSPS) is 20.6. The van der Waals surface area contributed by atoms with Gasteiger partial charge in [-0.25, -0.2) is 0 Å². The number of halogens is 1. The molecule has 2 rings (SSSR count). The zero-order valence-corrected chi connectivity index (χ0v) is 12.9. The number of likely N-dealkylation sites (tertiary alicyclic amines) is 1. The van der Waals surface area contributed by atoms with Gasteiger partial charge in [0, 0.05) is 30.5 Å². The van der Waals surface area contributed by atoms with Crippen molar-refractivity contribution < 1.29 is 14.7 Å². The van der Waals surface area contributed by atoms with Crippen LogP contribution in [0.25, 0.3) is 0 Å². The third-order valence-electron chi connectivity index (χ3n) is 3.85. The highest BCUT2D eigenvalue weighted by molar-refractivity contribution is 6.31. The third-order valence-corrected chi connectivity index (χ3v) is 4.09. The van der Waals surface area contributed by atoms with Crippen LogP contribution in [0, 0.1) is 5.92 Å². The number of benzene rings is 1. The molecule has 6 heteroatoms. The molecular formula is C15H19ClN2O3.